The van der Waals surface area contributed by atoms with Crippen molar-refractivity contribution in [2.75, 3.05) is 0 Å². The molecule has 2 N–H and O–H groups in total. The van der Waals surface area contributed by atoms with E-state index in [0.717, 1.165) is 10.5 Å². The average molecular weight is 400 g/mol. The van der Waals surface area contributed by atoms with Gasteiger partial charge in [0.15, 0.2) is 0 Å². The fourth-order valence-electron chi connectivity index (χ4n) is 2.46. The van der Waals surface area contributed by atoms with Crippen LogP contribution in [0.5, 0.6) is 0 Å². The number of aliphatic carboxylic acids is 2. The first kappa shape index (κ1) is 31.0. The molecule has 0 saturated carbocycles. The Bertz CT molecular complexity index is 297. The number of carbonyl (C=O) groups is 2. The smallest absolute Gasteiger partial charge is 0.303 e. The van der Waals surface area contributed by atoms with Crippen LogP contribution in [0.1, 0.15) is 105 Å². The second-order valence-corrected chi connectivity index (χ2v) is 8.63. The number of hydrogen-bond donors (Lipinski definition) is 2. The number of unbranched alkanes of at least 4 members (excludes halogenated alkanes) is 6. The molecule has 2 unspecified atom stereocenters. The van der Waals surface area contributed by atoms with E-state index in [2.05, 4.69) is 39.5 Å². The predicted molar refractivity (Wildman–Crippen MR) is 114 cm³/mol. The molecule has 0 rings (SSSR count). The first-order valence-electron chi connectivity index (χ1n) is 9.92. The predicted octanol–water partition coefficient (Wildman–Crippen LogP) is 5.99. The Morgan fingerprint density at radius 1 is 0.731 bits per heavy atom. The summed E-state index contributed by atoms with van der Waals surface area (Å²) in [5, 5.41) is 17.5. The van der Waals surface area contributed by atoms with Gasteiger partial charge < -0.3 is 10.2 Å². The van der Waals surface area contributed by atoms with Gasteiger partial charge in [-0.05, 0) is 12.8 Å². The van der Waals surface area contributed by atoms with Crippen molar-refractivity contribution in [3.63, 3.8) is 0 Å². The molecule has 2 atom stereocenters. The van der Waals surface area contributed by atoms with Crippen molar-refractivity contribution in [3.8, 4) is 0 Å². The van der Waals surface area contributed by atoms with Crippen LogP contribution >= 0.6 is 11.8 Å². The van der Waals surface area contributed by atoms with Crippen LogP contribution in [-0.4, -0.2) is 62.2 Å². The normalized spacial score (nSPS) is 12.3. The fourth-order valence-corrected chi connectivity index (χ4v) is 3.86. The molecule has 26 heavy (non-hydrogen) atoms. The number of hydrogen-bond acceptors (Lipinski definition) is 3. The molecule has 0 aliphatic heterocycles. The molecule has 1 radical (unpaired) electrons. The van der Waals surface area contributed by atoms with E-state index in [1.165, 1.54) is 64.2 Å². The van der Waals surface area contributed by atoms with Crippen LogP contribution in [0.4, 0.5) is 0 Å². The molecular weight excluding hydrogens is 359 g/mol. The van der Waals surface area contributed by atoms with Gasteiger partial charge in [0.25, 0.3) is 0 Å². The third kappa shape index (κ3) is 29.1. The van der Waals surface area contributed by atoms with Crippen LogP contribution in [-0.2, 0) is 9.59 Å². The number of carboxylic acid groups (broad SMARTS) is 2. The van der Waals surface area contributed by atoms with Gasteiger partial charge in [0, 0.05) is 40.1 Å². The minimum atomic E-state index is -1.08. The zero-order valence-corrected chi connectivity index (χ0v) is 20.6. The summed E-state index contributed by atoms with van der Waals surface area (Å²) < 4.78 is 0. The van der Waals surface area contributed by atoms with E-state index in [0.29, 0.717) is 0 Å². The maximum absolute atomic E-state index is 9.64. The molecule has 0 fully saturated rings. The standard InChI is InChI=1S/C16H34S.C4H6O4.Na/c1-5-7-9-11-13-15(3)17-16(4)14-12-10-8-6-2;5-3(6)1-2-4(7)8;/h15-16H,5-14H2,1-4H3;1-2H2,(H,5,6)(H,7,8);. The van der Waals surface area contributed by atoms with Crippen molar-refractivity contribution in [1.82, 2.24) is 0 Å². The summed E-state index contributed by atoms with van der Waals surface area (Å²) in [5.74, 6) is -2.15. The maximum Gasteiger partial charge on any atom is 0.303 e. The first-order chi connectivity index (χ1) is 11.8. The Labute approximate surface area is 187 Å². The van der Waals surface area contributed by atoms with Gasteiger partial charge in [-0.3, -0.25) is 9.59 Å². The minimum absolute atomic E-state index is 0. The molecule has 0 saturated heterocycles. The van der Waals surface area contributed by atoms with Gasteiger partial charge in [-0.1, -0.05) is 79.1 Å². The molecule has 0 aliphatic rings. The van der Waals surface area contributed by atoms with E-state index in [-0.39, 0.29) is 42.4 Å². The van der Waals surface area contributed by atoms with Crippen LogP contribution < -0.4 is 0 Å². The molecule has 6 heteroatoms. The van der Waals surface area contributed by atoms with E-state index in [1.54, 1.807) is 0 Å². The van der Waals surface area contributed by atoms with Gasteiger partial charge in [-0.15, -0.1) is 0 Å². The summed E-state index contributed by atoms with van der Waals surface area (Å²) in [7, 11) is 0. The van der Waals surface area contributed by atoms with E-state index in [4.69, 9.17) is 10.2 Å². The quantitative estimate of drug-likeness (QED) is 0.261. The van der Waals surface area contributed by atoms with Crippen molar-refractivity contribution in [2.45, 2.75) is 115 Å². The van der Waals surface area contributed by atoms with Gasteiger partial charge in [-0.2, -0.15) is 11.8 Å². The second-order valence-electron chi connectivity index (χ2n) is 6.74. The monoisotopic (exact) mass is 399 g/mol. The van der Waals surface area contributed by atoms with Crippen molar-refractivity contribution < 1.29 is 19.8 Å². The van der Waals surface area contributed by atoms with E-state index < -0.39 is 11.9 Å². The van der Waals surface area contributed by atoms with Gasteiger partial charge in [0.2, 0.25) is 0 Å². The second kappa shape index (κ2) is 23.3. The summed E-state index contributed by atoms with van der Waals surface area (Å²) in [4.78, 5) is 19.3. The number of carboxylic acids is 2. The molecule has 0 aromatic heterocycles. The van der Waals surface area contributed by atoms with Crippen LogP contribution in [0, 0.1) is 0 Å². The summed E-state index contributed by atoms with van der Waals surface area (Å²) in [6.07, 6.45) is 13.5. The van der Waals surface area contributed by atoms with Crippen molar-refractivity contribution in [2.24, 2.45) is 0 Å². The number of rotatable bonds is 15. The van der Waals surface area contributed by atoms with Crippen LogP contribution in [0.3, 0.4) is 0 Å². The molecular formula is C20H40NaO4S. The van der Waals surface area contributed by atoms with E-state index >= 15 is 0 Å². The third-order valence-electron chi connectivity index (χ3n) is 3.95. The van der Waals surface area contributed by atoms with Gasteiger partial charge in [0.05, 0.1) is 12.8 Å². The first-order valence-corrected chi connectivity index (χ1v) is 10.9. The molecule has 0 amide bonds. The Balaban J connectivity index is -0.000000498. The van der Waals surface area contributed by atoms with Crippen molar-refractivity contribution in [3.05, 3.63) is 0 Å². The summed E-state index contributed by atoms with van der Waals surface area (Å²) in [6.45, 7) is 9.41. The molecule has 0 aromatic rings. The maximum atomic E-state index is 9.64. The molecule has 4 nitrogen and oxygen atoms in total. The van der Waals surface area contributed by atoms with Gasteiger partial charge in [-0.25, -0.2) is 0 Å². The minimum Gasteiger partial charge on any atom is -0.481 e. The Morgan fingerprint density at radius 2 is 1.08 bits per heavy atom. The topological polar surface area (TPSA) is 74.6 Å². The molecule has 0 spiro atoms. The van der Waals surface area contributed by atoms with E-state index in [9.17, 15) is 9.59 Å². The average Bonchev–Trinajstić information content (AvgIpc) is 2.54. The van der Waals surface area contributed by atoms with Crippen molar-refractivity contribution in [1.29, 1.82) is 0 Å². The summed E-state index contributed by atoms with van der Waals surface area (Å²) >= 11 is 2.22. The molecule has 151 valence electrons. The van der Waals surface area contributed by atoms with E-state index in [1.807, 2.05) is 0 Å². The Hall–Kier alpha value is 0.290. The number of thioether (sulfide) groups is 1. The molecule has 0 aliphatic carbocycles. The zero-order valence-electron chi connectivity index (χ0n) is 17.8. The fraction of sp³-hybridized carbons (Fsp3) is 0.900. The van der Waals surface area contributed by atoms with Crippen LogP contribution in [0.25, 0.3) is 0 Å². The van der Waals surface area contributed by atoms with Gasteiger partial charge in [0.1, 0.15) is 0 Å². The Kier molecular flexibility index (Phi) is 27.8. The van der Waals surface area contributed by atoms with Crippen LogP contribution in [0.2, 0.25) is 0 Å². The Morgan fingerprint density at radius 3 is 1.35 bits per heavy atom. The zero-order chi connectivity index (χ0) is 19.5. The molecule has 0 aromatic carbocycles. The van der Waals surface area contributed by atoms with Crippen molar-refractivity contribution >= 4 is 53.3 Å². The summed E-state index contributed by atoms with van der Waals surface area (Å²) in [6, 6.07) is 0. The molecule has 0 bridgehead atoms. The van der Waals surface area contributed by atoms with Gasteiger partial charge >= 0.3 is 11.9 Å². The SMILES string of the molecule is CCCCCCC(C)SC(C)CCCCCC.O=C(O)CCC(=O)O.[Na]. The third-order valence-corrected chi connectivity index (χ3v) is 5.35. The van der Waals surface area contributed by atoms with Crippen LogP contribution in [0.15, 0.2) is 0 Å². The molecule has 0 heterocycles. The largest absolute Gasteiger partial charge is 0.481 e. The summed E-state index contributed by atoms with van der Waals surface area (Å²) in [5.41, 5.74) is 0.